The van der Waals surface area contributed by atoms with Gasteiger partial charge >= 0.3 is 0 Å². The second-order valence-electron chi connectivity index (χ2n) is 9.39. The molecule has 0 bridgehead atoms. The number of nitrogens with zero attached hydrogens (tertiary/aromatic N) is 4. The lowest BCUT2D eigenvalue weighted by atomic mass is 9.98. The lowest BCUT2D eigenvalue weighted by molar-refractivity contribution is -0.132. The molecule has 0 radical (unpaired) electrons. The number of hydrogen-bond acceptors (Lipinski definition) is 6. The molecule has 1 saturated carbocycles. The van der Waals surface area contributed by atoms with Crippen molar-refractivity contribution in [3.63, 3.8) is 0 Å². The number of aliphatic hydroxyl groups is 1. The van der Waals surface area contributed by atoms with Crippen molar-refractivity contribution in [2.24, 2.45) is 11.8 Å². The van der Waals surface area contributed by atoms with Crippen LogP contribution in [0.15, 0.2) is 36.5 Å². The minimum atomic E-state index is -0.391. The van der Waals surface area contributed by atoms with Gasteiger partial charge in [-0.05, 0) is 43.5 Å². The average molecular weight is 463 g/mol. The number of pyridine rings is 1. The van der Waals surface area contributed by atoms with E-state index in [-0.39, 0.29) is 42.2 Å². The Hall–Kier alpha value is -3.44. The lowest BCUT2D eigenvalue weighted by Crippen LogP contribution is -2.50. The van der Waals surface area contributed by atoms with Gasteiger partial charge in [0.25, 0.3) is 5.91 Å². The maximum atomic E-state index is 13.6. The SMILES string of the molecule is C[C@H](CO)N1C[C@H](C)[C@@H](CN(C)C(=O)C2CC2)Oc2ncc(-c3cccc(C#N)c3)cc2C1=O. The van der Waals surface area contributed by atoms with Crippen LogP contribution in [-0.2, 0) is 4.79 Å². The van der Waals surface area contributed by atoms with Gasteiger partial charge in [0.1, 0.15) is 11.7 Å². The Bertz CT molecular complexity index is 1120. The van der Waals surface area contributed by atoms with Gasteiger partial charge in [-0.3, -0.25) is 9.59 Å². The van der Waals surface area contributed by atoms with E-state index >= 15 is 0 Å². The fourth-order valence-electron chi connectivity index (χ4n) is 4.25. The molecule has 0 unspecified atom stereocenters. The molecule has 8 heteroatoms. The molecule has 8 nitrogen and oxygen atoms in total. The number of nitriles is 1. The van der Waals surface area contributed by atoms with Crippen LogP contribution in [0.3, 0.4) is 0 Å². The van der Waals surface area contributed by atoms with Crippen molar-refractivity contribution in [1.29, 1.82) is 5.26 Å². The van der Waals surface area contributed by atoms with Gasteiger partial charge in [0.15, 0.2) is 0 Å². The van der Waals surface area contributed by atoms with Crippen LogP contribution in [0.2, 0.25) is 0 Å². The summed E-state index contributed by atoms with van der Waals surface area (Å²) in [6.45, 7) is 4.38. The molecule has 1 aliphatic carbocycles. The van der Waals surface area contributed by atoms with Crippen LogP contribution < -0.4 is 4.74 Å². The minimum absolute atomic E-state index is 0.0886. The van der Waals surface area contributed by atoms with Crippen LogP contribution >= 0.6 is 0 Å². The Morgan fingerprint density at radius 3 is 2.79 bits per heavy atom. The first-order valence-electron chi connectivity index (χ1n) is 11.7. The molecule has 2 aromatic rings. The van der Waals surface area contributed by atoms with Crippen molar-refractivity contribution < 1.29 is 19.4 Å². The molecule has 2 heterocycles. The highest BCUT2D eigenvalue weighted by Gasteiger charge is 2.37. The molecule has 2 aliphatic rings. The summed E-state index contributed by atoms with van der Waals surface area (Å²) in [6.07, 6.45) is 3.12. The normalized spacial score (nSPS) is 20.9. The molecule has 1 aromatic carbocycles. The molecule has 1 N–H and O–H groups in total. The third-order valence-electron chi connectivity index (χ3n) is 6.60. The molecule has 34 heavy (non-hydrogen) atoms. The van der Waals surface area contributed by atoms with Crippen molar-refractivity contribution in [3.8, 4) is 23.1 Å². The van der Waals surface area contributed by atoms with E-state index in [1.54, 1.807) is 54.2 Å². The van der Waals surface area contributed by atoms with E-state index in [4.69, 9.17) is 4.74 Å². The first kappa shape index (κ1) is 23.7. The zero-order valence-corrected chi connectivity index (χ0v) is 19.8. The molecule has 1 aliphatic heterocycles. The average Bonchev–Trinajstić information content (AvgIpc) is 3.70. The van der Waals surface area contributed by atoms with Crippen molar-refractivity contribution in [2.45, 2.75) is 38.8 Å². The third-order valence-corrected chi connectivity index (χ3v) is 6.60. The van der Waals surface area contributed by atoms with Crippen LogP contribution in [0.1, 0.15) is 42.6 Å². The number of aliphatic hydroxyl groups excluding tert-OH is 1. The standard InChI is InChI=1S/C26H30N4O4/c1-16-13-30(17(2)15-31)26(33)22-10-21(20-6-4-5-18(9-20)11-27)12-28-24(22)34-23(16)14-29(3)25(32)19-7-8-19/h4-6,9-10,12,16-17,19,23,31H,7-8,13-15H2,1-3H3/t16-,17+,23+/m0/s1. The van der Waals surface area contributed by atoms with E-state index in [1.807, 2.05) is 13.0 Å². The summed E-state index contributed by atoms with van der Waals surface area (Å²) < 4.78 is 6.27. The smallest absolute Gasteiger partial charge is 0.259 e. The van der Waals surface area contributed by atoms with E-state index in [0.717, 1.165) is 18.4 Å². The molecular formula is C26H30N4O4. The molecule has 178 valence electrons. The highest BCUT2D eigenvalue weighted by molar-refractivity contribution is 5.98. The summed E-state index contributed by atoms with van der Waals surface area (Å²) in [5.41, 5.74) is 2.27. The number of rotatable bonds is 6. The minimum Gasteiger partial charge on any atom is -0.472 e. The molecule has 4 rings (SSSR count). The monoisotopic (exact) mass is 462 g/mol. The van der Waals surface area contributed by atoms with Gasteiger partial charge in [0, 0.05) is 37.2 Å². The predicted molar refractivity (Wildman–Crippen MR) is 126 cm³/mol. The second kappa shape index (κ2) is 9.82. The number of carbonyl (C=O) groups excluding carboxylic acids is 2. The van der Waals surface area contributed by atoms with E-state index in [1.165, 1.54) is 0 Å². The Morgan fingerprint density at radius 1 is 1.35 bits per heavy atom. The molecular weight excluding hydrogens is 432 g/mol. The fourth-order valence-corrected chi connectivity index (χ4v) is 4.25. The molecule has 1 fully saturated rings. The number of aromatic nitrogens is 1. The topological polar surface area (TPSA) is 107 Å². The van der Waals surface area contributed by atoms with Crippen LogP contribution in [0, 0.1) is 23.2 Å². The number of fused-ring (bicyclic) bond motifs is 1. The Balaban J connectivity index is 1.71. The van der Waals surface area contributed by atoms with Crippen molar-refractivity contribution in [3.05, 3.63) is 47.7 Å². The molecule has 0 spiro atoms. The first-order valence-corrected chi connectivity index (χ1v) is 11.7. The molecule has 2 amide bonds. The summed E-state index contributed by atoms with van der Waals surface area (Å²) in [7, 11) is 1.79. The summed E-state index contributed by atoms with van der Waals surface area (Å²) in [4.78, 5) is 34.0. The number of carbonyl (C=O) groups is 2. The van der Waals surface area contributed by atoms with Crippen LogP contribution in [0.5, 0.6) is 5.88 Å². The second-order valence-corrected chi connectivity index (χ2v) is 9.39. The molecule has 1 aromatic heterocycles. The van der Waals surface area contributed by atoms with Crippen LogP contribution in [0.25, 0.3) is 11.1 Å². The maximum Gasteiger partial charge on any atom is 0.259 e. The number of hydrogen-bond donors (Lipinski definition) is 1. The molecule has 0 saturated heterocycles. The van der Waals surface area contributed by atoms with E-state index in [9.17, 15) is 20.0 Å². The fraction of sp³-hybridized carbons (Fsp3) is 0.462. The van der Waals surface area contributed by atoms with E-state index in [2.05, 4.69) is 11.1 Å². The zero-order chi connectivity index (χ0) is 24.4. The van der Waals surface area contributed by atoms with Gasteiger partial charge in [0.2, 0.25) is 11.8 Å². The van der Waals surface area contributed by atoms with E-state index in [0.29, 0.717) is 29.8 Å². The predicted octanol–water partition coefficient (Wildman–Crippen LogP) is 2.71. The van der Waals surface area contributed by atoms with Gasteiger partial charge < -0.3 is 19.6 Å². The van der Waals surface area contributed by atoms with Gasteiger partial charge in [0.05, 0.1) is 30.8 Å². The van der Waals surface area contributed by atoms with Crippen LogP contribution in [-0.4, -0.2) is 70.6 Å². The van der Waals surface area contributed by atoms with E-state index < -0.39 is 6.04 Å². The quantitative estimate of drug-likeness (QED) is 0.707. The largest absolute Gasteiger partial charge is 0.472 e. The van der Waals surface area contributed by atoms with Gasteiger partial charge in [-0.2, -0.15) is 5.26 Å². The van der Waals surface area contributed by atoms with Gasteiger partial charge in [-0.15, -0.1) is 0 Å². The maximum absolute atomic E-state index is 13.6. The third kappa shape index (κ3) is 4.90. The lowest BCUT2D eigenvalue weighted by Gasteiger charge is -2.37. The zero-order valence-electron chi connectivity index (χ0n) is 19.8. The van der Waals surface area contributed by atoms with Crippen LogP contribution in [0.4, 0.5) is 0 Å². The van der Waals surface area contributed by atoms with Crippen molar-refractivity contribution >= 4 is 11.8 Å². The summed E-state index contributed by atoms with van der Waals surface area (Å²) in [5, 5.41) is 19.1. The summed E-state index contributed by atoms with van der Waals surface area (Å²) in [6, 6.07) is 10.6. The number of ether oxygens (including phenoxy) is 1. The van der Waals surface area contributed by atoms with Gasteiger partial charge in [-0.1, -0.05) is 19.1 Å². The Labute approximate surface area is 199 Å². The van der Waals surface area contributed by atoms with Crippen molar-refractivity contribution in [1.82, 2.24) is 14.8 Å². The Morgan fingerprint density at radius 2 is 2.12 bits per heavy atom. The first-order chi connectivity index (χ1) is 16.3. The highest BCUT2D eigenvalue weighted by Crippen LogP contribution is 2.33. The summed E-state index contributed by atoms with van der Waals surface area (Å²) in [5.74, 6) is 0.0856. The van der Waals surface area contributed by atoms with Gasteiger partial charge in [-0.25, -0.2) is 4.98 Å². The number of amides is 2. The number of likely N-dealkylation sites (N-methyl/N-ethyl adjacent to an activating group) is 1. The Kier molecular flexibility index (Phi) is 6.85. The highest BCUT2D eigenvalue weighted by atomic mass is 16.5. The molecule has 3 atom stereocenters. The van der Waals surface area contributed by atoms with Crippen molar-refractivity contribution in [2.75, 3.05) is 26.7 Å². The summed E-state index contributed by atoms with van der Waals surface area (Å²) >= 11 is 0. The number of benzene rings is 1.